The number of hydrogen-bond acceptors (Lipinski definition) is 2. The molecule has 2 rings (SSSR count). The van der Waals surface area contributed by atoms with Crippen molar-refractivity contribution in [3.8, 4) is 0 Å². The highest BCUT2D eigenvalue weighted by Gasteiger charge is 2.42. The molecular weight excluding hydrogens is 202 g/mol. The van der Waals surface area contributed by atoms with Crippen LogP contribution < -0.4 is 4.90 Å². The molecule has 84 valence electrons. The van der Waals surface area contributed by atoms with Crippen LogP contribution in [0.1, 0.15) is 19.4 Å². The number of cyclic esters (lactones) is 1. The van der Waals surface area contributed by atoms with E-state index in [1.165, 1.54) is 4.90 Å². The van der Waals surface area contributed by atoms with Crippen LogP contribution in [0.15, 0.2) is 36.5 Å². The first-order chi connectivity index (χ1) is 7.42. The second-order valence-corrected chi connectivity index (χ2v) is 4.50. The molecule has 0 aliphatic carbocycles. The summed E-state index contributed by atoms with van der Waals surface area (Å²) in [4.78, 5) is 13.2. The predicted octanol–water partition coefficient (Wildman–Crippen LogP) is 3.24. The van der Waals surface area contributed by atoms with Gasteiger partial charge >= 0.3 is 6.09 Å². The van der Waals surface area contributed by atoms with Crippen molar-refractivity contribution in [2.45, 2.75) is 26.4 Å². The molecule has 16 heavy (non-hydrogen) atoms. The Kier molecular flexibility index (Phi) is 2.26. The molecule has 1 aromatic carbocycles. The van der Waals surface area contributed by atoms with Crippen molar-refractivity contribution < 1.29 is 9.53 Å². The van der Waals surface area contributed by atoms with Gasteiger partial charge < -0.3 is 4.74 Å². The third-order valence-electron chi connectivity index (χ3n) is 2.78. The van der Waals surface area contributed by atoms with Gasteiger partial charge in [0.25, 0.3) is 0 Å². The molecule has 3 heteroatoms. The molecule has 1 aliphatic rings. The van der Waals surface area contributed by atoms with Gasteiger partial charge in [-0.2, -0.15) is 0 Å². The number of carbonyl (C=O) groups is 1. The molecule has 0 aromatic heterocycles. The van der Waals surface area contributed by atoms with Crippen LogP contribution in [0.2, 0.25) is 0 Å². The first-order valence-electron chi connectivity index (χ1n) is 5.21. The molecule has 0 N–H and O–H groups in total. The second kappa shape index (κ2) is 3.37. The summed E-state index contributed by atoms with van der Waals surface area (Å²) in [5.74, 6) is 0. The minimum atomic E-state index is -0.623. The number of benzene rings is 1. The molecule has 0 spiro atoms. The summed E-state index contributed by atoms with van der Waals surface area (Å²) in [6, 6.07) is 7.70. The largest absolute Gasteiger partial charge is 0.436 e. The third-order valence-corrected chi connectivity index (χ3v) is 2.78. The summed E-state index contributed by atoms with van der Waals surface area (Å²) >= 11 is 0. The van der Waals surface area contributed by atoms with Crippen molar-refractivity contribution >= 4 is 11.8 Å². The van der Waals surface area contributed by atoms with Gasteiger partial charge in [-0.05, 0) is 32.9 Å². The fraction of sp³-hybridized carbons (Fsp3) is 0.308. The lowest BCUT2D eigenvalue weighted by Gasteiger charge is -2.19. The zero-order valence-corrected chi connectivity index (χ0v) is 9.78. The molecule has 1 amide bonds. The van der Waals surface area contributed by atoms with E-state index in [-0.39, 0.29) is 6.09 Å². The Bertz CT molecular complexity index is 446. The summed E-state index contributed by atoms with van der Waals surface area (Å²) in [6.45, 7) is 9.59. The second-order valence-electron chi connectivity index (χ2n) is 4.50. The Morgan fingerprint density at radius 2 is 1.81 bits per heavy atom. The van der Waals surface area contributed by atoms with Crippen LogP contribution in [0, 0.1) is 6.92 Å². The van der Waals surface area contributed by atoms with Crippen LogP contribution in [0.3, 0.4) is 0 Å². The van der Waals surface area contributed by atoms with Crippen molar-refractivity contribution in [1.29, 1.82) is 0 Å². The SMILES string of the molecule is C=C1N(c2ccc(C)cc2)C(=O)OC1(C)C. The van der Waals surface area contributed by atoms with Gasteiger partial charge in [0.15, 0.2) is 0 Å². The number of ether oxygens (including phenoxy) is 1. The number of rotatable bonds is 1. The van der Waals surface area contributed by atoms with E-state index in [2.05, 4.69) is 6.58 Å². The maximum Gasteiger partial charge on any atom is 0.419 e. The van der Waals surface area contributed by atoms with Gasteiger partial charge in [-0.25, -0.2) is 9.69 Å². The van der Waals surface area contributed by atoms with Crippen molar-refractivity contribution in [2.24, 2.45) is 0 Å². The van der Waals surface area contributed by atoms with Gasteiger partial charge in [0, 0.05) is 0 Å². The van der Waals surface area contributed by atoms with Crippen LogP contribution in [-0.4, -0.2) is 11.7 Å². The highest BCUT2D eigenvalue weighted by Crippen LogP contribution is 2.35. The van der Waals surface area contributed by atoms with Crippen LogP contribution in [0.5, 0.6) is 0 Å². The number of carbonyl (C=O) groups excluding carboxylic acids is 1. The molecule has 0 atom stereocenters. The van der Waals surface area contributed by atoms with E-state index in [0.29, 0.717) is 5.70 Å². The van der Waals surface area contributed by atoms with Gasteiger partial charge in [-0.1, -0.05) is 24.3 Å². The Morgan fingerprint density at radius 1 is 1.25 bits per heavy atom. The van der Waals surface area contributed by atoms with E-state index in [9.17, 15) is 4.79 Å². The number of nitrogens with zero attached hydrogens (tertiary/aromatic N) is 1. The number of aryl methyl sites for hydroxylation is 1. The summed E-state index contributed by atoms with van der Waals surface area (Å²) < 4.78 is 5.25. The normalized spacial score (nSPS) is 18.8. The molecule has 0 bridgehead atoms. The Labute approximate surface area is 95.3 Å². The standard InChI is InChI=1S/C13H15NO2/c1-9-5-7-11(8-6-9)14-10(2)13(3,4)16-12(14)15/h5-8H,2H2,1,3-4H3. The smallest absolute Gasteiger partial charge is 0.419 e. The molecule has 1 fully saturated rings. The lowest BCUT2D eigenvalue weighted by molar-refractivity contribution is 0.0987. The third kappa shape index (κ3) is 1.58. The lowest BCUT2D eigenvalue weighted by Crippen LogP contribution is -2.24. The van der Waals surface area contributed by atoms with Crippen molar-refractivity contribution in [3.63, 3.8) is 0 Å². The zero-order valence-electron chi connectivity index (χ0n) is 9.78. The molecule has 0 unspecified atom stereocenters. The van der Waals surface area contributed by atoms with Gasteiger partial charge in [-0.3, -0.25) is 0 Å². The molecule has 1 aromatic rings. The van der Waals surface area contributed by atoms with E-state index in [1.807, 2.05) is 45.0 Å². The highest BCUT2D eigenvalue weighted by molar-refractivity contribution is 5.94. The van der Waals surface area contributed by atoms with Crippen LogP contribution >= 0.6 is 0 Å². The Hall–Kier alpha value is -1.77. The minimum Gasteiger partial charge on any atom is -0.436 e. The molecule has 1 saturated heterocycles. The molecule has 0 saturated carbocycles. The monoisotopic (exact) mass is 217 g/mol. The van der Waals surface area contributed by atoms with Crippen LogP contribution in [0.25, 0.3) is 0 Å². The van der Waals surface area contributed by atoms with Crippen LogP contribution in [0.4, 0.5) is 10.5 Å². The molecule has 0 radical (unpaired) electrons. The van der Waals surface area contributed by atoms with Gasteiger partial charge in [-0.15, -0.1) is 0 Å². The average molecular weight is 217 g/mol. The highest BCUT2D eigenvalue weighted by atomic mass is 16.6. The summed E-state index contributed by atoms with van der Waals surface area (Å²) in [5.41, 5.74) is 2.00. The van der Waals surface area contributed by atoms with Crippen molar-refractivity contribution in [3.05, 3.63) is 42.1 Å². The molecule has 3 nitrogen and oxygen atoms in total. The van der Waals surface area contributed by atoms with Gasteiger partial charge in [0.1, 0.15) is 5.60 Å². The lowest BCUT2D eigenvalue weighted by atomic mass is 10.1. The Balaban J connectivity index is 2.39. The van der Waals surface area contributed by atoms with Crippen LogP contribution in [-0.2, 0) is 4.74 Å². The van der Waals surface area contributed by atoms with Crippen molar-refractivity contribution in [2.75, 3.05) is 4.90 Å². The first-order valence-corrected chi connectivity index (χ1v) is 5.21. The number of anilines is 1. The van der Waals surface area contributed by atoms with E-state index in [0.717, 1.165) is 11.3 Å². The maximum absolute atomic E-state index is 11.7. The number of hydrogen-bond donors (Lipinski definition) is 0. The van der Waals surface area contributed by atoms with Gasteiger partial charge in [0.2, 0.25) is 0 Å². The fourth-order valence-corrected chi connectivity index (χ4v) is 1.66. The van der Waals surface area contributed by atoms with Gasteiger partial charge in [0.05, 0.1) is 11.4 Å². The maximum atomic E-state index is 11.7. The summed E-state index contributed by atoms with van der Waals surface area (Å²) in [6.07, 6.45) is -0.362. The Morgan fingerprint density at radius 3 is 2.25 bits per heavy atom. The topological polar surface area (TPSA) is 29.5 Å². The fourth-order valence-electron chi connectivity index (χ4n) is 1.66. The van der Waals surface area contributed by atoms with Crippen molar-refractivity contribution in [1.82, 2.24) is 0 Å². The minimum absolute atomic E-state index is 0.362. The van der Waals surface area contributed by atoms with E-state index in [4.69, 9.17) is 4.74 Å². The molecule has 1 aliphatic heterocycles. The number of amides is 1. The van der Waals surface area contributed by atoms with E-state index in [1.54, 1.807) is 0 Å². The van der Waals surface area contributed by atoms with E-state index >= 15 is 0 Å². The summed E-state index contributed by atoms with van der Waals surface area (Å²) in [5, 5.41) is 0. The molecule has 1 heterocycles. The zero-order chi connectivity index (χ0) is 11.9. The first kappa shape index (κ1) is 10.7. The molecular formula is C13H15NO2. The van der Waals surface area contributed by atoms with E-state index < -0.39 is 5.60 Å². The summed E-state index contributed by atoms with van der Waals surface area (Å²) in [7, 11) is 0. The quantitative estimate of drug-likeness (QED) is 0.722. The average Bonchev–Trinajstić information content (AvgIpc) is 2.39. The predicted molar refractivity (Wildman–Crippen MR) is 63.4 cm³/mol.